The van der Waals surface area contributed by atoms with Crippen molar-refractivity contribution < 1.29 is 34.4 Å². The molecular weight excluding hydrogens is 1170 g/mol. The van der Waals surface area contributed by atoms with Crippen LogP contribution in [0.4, 0.5) is 0 Å². The fraction of sp³-hybridized carbons (Fsp3) is 0.143. The van der Waals surface area contributed by atoms with E-state index < -0.39 is 14.0 Å². The van der Waals surface area contributed by atoms with Crippen molar-refractivity contribution in [2.24, 2.45) is 0 Å². The van der Waals surface area contributed by atoms with Gasteiger partial charge >= 0.3 is 0 Å². The smallest absolute Gasteiger partial charge is 0.292 e. The Morgan fingerprint density at radius 2 is 1.18 bits per heavy atom. The number of carbonyl (C=O) groups is 1. The second-order valence-corrected chi connectivity index (χ2v) is 26.7. The van der Waals surface area contributed by atoms with Crippen molar-refractivity contribution in [3.05, 3.63) is 235 Å². The van der Waals surface area contributed by atoms with Crippen LogP contribution in [0.2, 0.25) is 19.6 Å². The van der Waals surface area contributed by atoms with Crippen LogP contribution >= 0.6 is 0 Å². The van der Waals surface area contributed by atoms with Gasteiger partial charge in [0.25, 0.3) is 5.97 Å². The Balaban J connectivity index is 0.000000299. The summed E-state index contributed by atoms with van der Waals surface area (Å²) in [6.07, 6.45) is 1.92. The molecule has 8 aromatic carbocycles. The first-order chi connectivity index (χ1) is 37.7. The number of imidazole rings is 1. The van der Waals surface area contributed by atoms with Crippen LogP contribution in [0.1, 0.15) is 66.7 Å². The number of hydrogen-bond donors (Lipinski definition) is 1. The number of carboxylic acids is 1. The number of pyridine rings is 2. The first-order valence-corrected chi connectivity index (χ1v) is 30.1. The van der Waals surface area contributed by atoms with E-state index in [0.29, 0.717) is 0 Å². The van der Waals surface area contributed by atoms with Gasteiger partial charge in [0.15, 0.2) is 0 Å². The third kappa shape index (κ3) is 11.0. The largest absolute Gasteiger partial charge is 0.501 e. The van der Waals surface area contributed by atoms with Gasteiger partial charge in [-0.15, -0.1) is 48.0 Å². The van der Waals surface area contributed by atoms with Crippen LogP contribution in [0.5, 0.6) is 0 Å². The molecule has 1 N–H and O–H groups in total. The predicted molar refractivity (Wildman–Crippen MR) is 324 cm³/mol. The van der Waals surface area contributed by atoms with Crippen LogP contribution in [0.25, 0.3) is 106 Å². The van der Waals surface area contributed by atoms with E-state index in [1.807, 2.05) is 30.5 Å². The van der Waals surface area contributed by atoms with E-state index in [1.54, 1.807) is 12.1 Å². The van der Waals surface area contributed by atoms with Crippen molar-refractivity contribution in [2.75, 3.05) is 0 Å². The van der Waals surface area contributed by atoms with Gasteiger partial charge in [0.1, 0.15) is 5.58 Å². The fourth-order valence-corrected chi connectivity index (χ4v) is 11.4. The Labute approximate surface area is 477 Å². The third-order valence-corrected chi connectivity index (χ3v) is 16.6. The average Bonchev–Trinajstić information content (AvgIpc) is 4.24. The zero-order valence-electron chi connectivity index (χ0n) is 45.6. The van der Waals surface area contributed by atoms with Crippen LogP contribution in [0.3, 0.4) is 0 Å². The third-order valence-electron chi connectivity index (χ3n) is 14.6. The molecule has 12 rings (SSSR count). The minimum atomic E-state index is -1.33. The summed E-state index contributed by atoms with van der Waals surface area (Å²) in [6, 6.07) is 73.3. The number of furan rings is 1. The predicted octanol–water partition coefficient (Wildman–Crippen LogP) is 17.8. The molecule has 7 nitrogen and oxygen atoms in total. The van der Waals surface area contributed by atoms with E-state index in [1.165, 1.54) is 44.6 Å². The number of hydrogen-bond acceptors (Lipinski definition) is 5. The molecular formula is C70H60IrN4O3Si-2. The van der Waals surface area contributed by atoms with Crippen molar-refractivity contribution in [1.29, 1.82) is 0 Å². The summed E-state index contributed by atoms with van der Waals surface area (Å²) in [5.74, 6) is 0.288. The number of aromatic carboxylic acids is 1. The Bertz CT molecular complexity index is 4100. The molecule has 1 radical (unpaired) electrons. The van der Waals surface area contributed by atoms with Gasteiger partial charge in [-0.25, -0.2) is 0 Å². The Morgan fingerprint density at radius 3 is 1.73 bits per heavy atom. The second kappa shape index (κ2) is 22.6. The molecule has 0 bridgehead atoms. The molecule has 0 saturated carbocycles. The van der Waals surface area contributed by atoms with Gasteiger partial charge in [-0.2, -0.15) is 0 Å². The molecule has 4 aromatic heterocycles. The van der Waals surface area contributed by atoms with E-state index in [2.05, 4.69) is 228 Å². The van der Waals surface area contributed by atoms with E-state index >= 15 is 0 Å². The first kappa shape index (κ1) is 54.0. The average molecular weight is 1230 g/mol. The summed E-state index contributed by atoms with van der Waals surface area (Å²) < 4.78 is 9.30. The molecule has 0 unspecified atom stereocenters. The van der Waals surface area contributed by atoms with Gasteiger partial charge in [-0.05, 0) is 104 Å². The molecule has 0 fully saturated rings. The Hall–Kier alpha value is -8.33. The Kier molecular flexibility index (Phi) is 15.4. The first-order valence-electron chi connectivity index (χ1n) is 26.6. The monoisotopic (exact) mass is 1230 g/mol. The van der Waals surface area contributed by atoms with Crippen molar-refractivity contribution in [1.82, 2.24) is 19.5 Å². The topological polar surface area (TPSA) is 94.0 Å². The Morgan fingerprint density at radius 1 is 0.595 bits per heavy atom. The van der Waals surface area contributed by atoms with Crippen LogP contribution in [-0.2, 0) is 20.1 Å². The standard InChI is InChI=1S/C55H44N3O.C15H16NO2Si.Ir/c1-34(2)47-30-43(38-18-11-7-12-19-38)31-48(35(3)4)53(47)58-52-36(5)56-49(41-20-13-8-14-21-41)33-50(52)57-55(58)46-23-15-22-45-44-29-28-42(32-51(44)59-54(45)46)40-26-24-39(25-27-40)37-16-9-6-10-17-37;1-19(2,3)13-8-9-14(16-10-13)11-4-6-12(7-5-11)15(17)18;/h6-22,24-35H,1-5H3;4,6-10H,1-3H3,(H,17,18);/q2*-1;. The van der Waals surface area contributed by atoms with Crippen LogP contribution in [0, 0.1) is 19.1 Å². The molecule has 0 atom stereocenters. The number of fused-ring (bicyclic) bond motifs is 4. The van der Waals surface area contributed by atoms with Gasteiger partial charge in [-0.1, -0.05) is 198 Å². The van der Waals surface area contributed by atoms with E-state index in [0.717, 1.165) is 89.4 Å². The van der Waals surface area contributed by atoms with Gasteiger partial charge in [0.05, 0.1) is 41.9 Å². The van der Waals surface area contributed by atoms with E-state index in [-0.39, 0.29) is 37.5 Å². The van der Waals surface area contributed by atoms with Crippen molar-refractivity contribution in [3.63, 3.8) is 0 Å². The number of benzene rings is 8. The number of aryl methyl sites for hydroxylation is 1. The summed E-state index contributed by atoms with van der Waals surface area (Å²) in [6.45, 7) is 18.1. The summed E-state index contributed by atoms with van der Waals surface area (Å²) in [4.78, 5) is 26.0. The summed E-state index contributed by atoms with van der Waals surface area (Å²) in [7, 11) is -1.33. The SMILES string of the molecule is C[Si](C)(C)c1ccc(-c2[c-]cc(C(=O)O)cc2)nc1.Cc1nc(-c2ccccc2)cc2nc(-c3[c-]ccc4c3oc3cc(-c5ccc(-c6ccccc6)cc5)ccc34)n(-c3c(C(C)C)cc(-c4ccccc4)cc3C(C)C)c12.[Ir]. The van der Waals surface area contributed by atoms with Gasteiger partial charge in [0, 0.05) is 42.9 Å². The normalized spacial score (nSPS) is 11.5. The van der Waals surface area contributed by atoms with Gasteiger partial charge in [-0.3, -0.25) is 14.8 Å². The summed E-state index contributed by atoms with van der Waals surface area (Å²) in [5, 5.41) is 12.2. The molecule has 79 heavy (non-hydrogen) atoms. The van der Waals surface area contributed by atoms with E-state index in [4.69, 9.17) is 19.5 Å². The molecule has 0 saturated heterocycles. The summed E-state index contributed by atoms with van der Waals surface area (Å²) >= 11 is 0. The molecule has 0 aliphatic heterocycles. The van der Waals surface area contributed by atoms with E-state index in [9.17, 15) is 4.79 Å². The minimum Gasteiger partial charge on any atom is -0.501 e. The maximum atomic E-state index is 10.8. The molecule has 393 valence electrons. The molecule has 0 aliphatic rings. The molecule has 9 heteroatoms. The number of aromatic nitrogens is 4. The van der Waals surface area contributed by atoms with Crippen molar-refractivity contribution in [2.45, 2.75) is 66.1 Å². The molecule has 0 spiro atoms. The van der Waals surface area contributed by atoms with Crippen molar-refractivity contribution in [3.8, 4) is 73.0 Å². The number of carboxylic acid groups (broad SMARTS) is 1. The van der Waals surface area contributed by atoms with Crippen LogP contribution in [-0.4, -0.2) is 38.7 Å². The molecule has 0 aliphatic carbocycles. The van der Waals surface area contributed by atoms with Crippen LogP contribution < -0.4 is 5.19 Å². The number of rotatable bonds is 11. The zero-order valence-corrected chi connectivity index (χ0v) is 49.0. The quantitative estimate of drug-likeness (QED) is 0.102. The fourth-order valence-electron chi connectivity index (χ4n) is 10.3. The second-order valence-electron chi connectivity index (χ2n) is 21.6. The number of nitrogens with zero attached hydrogens (tertiary/aromatic N) is 4. The van der Waals surface area contributed by atoms with Crippen molar-refractivity contribution >= 4 is 52.2 Å². The minimum absolute atomic E-state index is 0. The summed E-state index contributed by atoms with van der Waals surface area (Å²) in [5.41, 5.74) is 19.7. The molecule has 12 aromatic rings. The van der Waals surface area contributed by atoms with Gasteiger partial charge < -0.3 is 19.1 Å². The maximum absolute atomic E-state index is 10.8. The van der Waals surface area contributed by atoms with Crippen LogP contribution in [0.15, 0.2) is 205 Å². The zero-order chi connectivity index (χ0) is 54.2. The maximum Gasteiger partial charge on any atom is 0.292 e. The molecule has 0 amide bonds. The van der Waals surface area contributed by atoms with Gasteiger partial charge in [0.2, 0.25) is 0 Å². The molecule has 4 heterocycles.